The summed E-state index contributed by atoms with van der Waals surface area (Å²) in [5.41, 5.74) is 7.09. The Kier molecular flexibility index (Phi) is 11.0. The van der Waals surface area contributed by atoms with Crippen molar-refractivity contribution in [2.45, 2.75) is 23.9 Å². The Morgan fingerprint density at radius 2 is 0.845 bits per heavy atom. The predicted molar refractivity (Wildman–Crippen MR) is 232 cm³/mol. The van der Waals surface area contributed by atoms with E-state index in [9.17, 15) is 0 Å². The molecule has 0 spiro atoms. The van der Waals surface area contributed by atoms with Gasteiger partial charge in [0.2, 0.25) is 0 Å². The minimum Gasteiger partial charge on any atom is -0.493 e. The van der Waals surface area contributed by atoms with Crippen LogP contribution in [0.15, 0.2) is 158 Å². The molecule has 0 radical (unpaired) electrons. The van der Waals surface area contributed by atoms with Gasteiger partial charge in [-0.25, -0.2) is 0 Å². The number of benzene rings is 6. The number of anilines is 2. The van der Waals surface area contributed by atoms with E-state index in [0.29, 0.717) is 23.0 Å². The van der Waals surface area contributed by atoms with Gasteiger partial charge in [-0.05, 0) is 58.7 Å². The highest BCUT2D eigenvalue weighted by molar-refractivity contribution is 6.01. The van der Waals surface area contributed by atoms with Gasteiger partial charge in [0.05, 0.1) is 52.4 Å². The van der Waals surface area contributed by atoms with Crippen LogP contribution < -0.4 is 29.6 Å². The zero-order chi connectivity index (χ0) is 40.0. The zero-order valence-electron chi connectivity index (χ0n) is 32.9. The number of H-pyrrole nitrogens is 2. The first kappa shape index (κ1) is 37.8. The lowest BCUT2D eigenvalue weighted by Crippen LogP contribution is -2.34. The normalized spacial score (nSPS) is 13.3. The number of carbonyl (C=O) groups excluding carboxylic acids is 1. The summed E-state index contributed by atoms with van der Waals surface area (Å²) >= 11 is 0. The van der Waals surface area contributed by atoms with E-state index in [4.69, 9.17) is 18.9 Å². The molecule has 0 saturated heterocycles. The average Bonchev–Trinajstić information content (AvgIpc) is 3.91. The van der Waals surface area contributed by atoms with Crippen LogP contribution in [0.25, 0.3) is 21.8 Å². The molecular formula is C49H46N4O5. The van der Waals surface area contributed by atoms with E-state index in [-0.39, 0.29) is 5.78 Å². The van der Waals surface area contributed by atoms with Crippen molar-refractivity contribution in [1.82, 2.24) is 9.97 Å². The molecule has 0 aliphatic carbocycles. The summed E-state index contributed by atoms with van der Waals surface area (Å²) in [5.74, 6) is 0.953. The molecule has 0 aliphatic heterocycles. The quantitative estimate of drug-likeness (QED) is 0.0774. The largest absolute Gasteiger partial charge is 0.493 e. The fraction of sp³-hybridized carbons (Fsp3) is 0.163. The second kappa shape index (κ2) is 16.9. The summed E-state index contributed by atoms with van der Waals surface area (Å²) in [6.45, 7) is 0. The van der Waals surface area contributed by atoms with Gasteiger partial charge in [0.25, 0.3) is 0 Å². The number of methoxy groups -OCH3 is 4. The fourth-order valence-corrected chi connectivity index (χ4v) is 8.14. The second-order valence-corrected chi connectivity index (χ2v) is 14.1. The Balaban J connectivity index is 1.37. The number of Topliss-reactive ketones (excluding diaryl/α,β-unsaturated/α-hetero) is 1. The lowest BCUT2D eigenvalue weighted by atomic mass is 9.73. The molecule has 9 heteroatoms. The van der Waals surface area contributed by atoms with E-state index in [1.807, 2.05) is 122 Å². The molecule has 6 aromatic carbocycles. The smallest absolute Gasteiger partial charge is 0.162 e. The lowest BCUT2D eigenvalue weighted by Gasteiger charge is -2.35. The number of aromatic amines is 2. The molecule has 4 N–H and O–H groups in total. The van der Waals surface area contributed by atoms with Crippen LogP contribution in [0.1, 0.15) is 46.2 Å². The van der Waals surface area contributed by atoms with E-state index in [2.05, 4.69) is 57.0 Å². The SMILES string of the molecule is COc1ccc(NC(c2ccccc2)C(C(=O)C(c2c[nH]c3ccccc23)C(Nc2ccc(OC)c(OC)c2)c2ccccc2)c2c[nH]c3ccccc23)cc1OC. The maximum atomic E-state index is 16.6. The third kappa shape index (κ3) is 7.42. The van der Waals surface area contributed by atoms with E-state index in [1.165, 1.54) is 0 Å². The van der Waals surface area contributed by atoms with Gasteiger partial charge in [0.1, 0.15) is 0 Å². The number of rotatable bonds is 16. The summed E-state index contributed by atoms with van der Waals surface area (Å²) < 4.78 is 22.6. The number of ether oxygens (including phenoxy) is 4. The first-order chi connectivity index (χ1) is 28.5. The third-order valence-electron chi connectivity index (χ3n) is 10.9. The number of fused-ring (bicyclic) bond motifs is 2. The van der Waals surface area contributed by atoms with E-state index in [1.54, 1.807) is 28.4 Å². The molecular weight excluding hydrogens is 725 g/mol. The van der Waals surface area contributed by atoms with E-state index < -0.39 is 23.9 Å². The zero-order valence-corrected chi connectivity index (χ0v) is 32.9. The predicted octanol–water partition coefficient (Wildman–Crippen LogP) is 10.8. The van der Waals surface area contributed by atoms with Gasteiger partial charge >= 0.3 is 0 Å². The Bertz CT molecular complexity index is 2460. The van der Waals surface area contributed by atoms with Gasteiger partial charge in [0.15, 0.2) is 28.8 Å². The van der Waals surface area contributed by atoms with Crippen LogP contribution in [0.3, 0.4) is 0 Å². The highest BCUT2D eigenvalue weighted by Gasteiger charge is 2.42. The Morgan fingerprint density at radius 3 is 1.24 bits per heavy atom. The Morgan fingerprint density at radius 1 is 0.466 bits per heavy atom. The maximum absolute atomic E-state index is 16.6. The topological polar surface area (TPSA) is 110 Å². The molecule has 0 saturated carbocycles. The van der Waals surface area contributed by atoms with Crippen LogP contribution in [0.2, 0.25) is 0 Å². The first-order valence-electron chi connectivity index (χ1n) is 19.2. The molecule has 8 aromatic rings. The van der Waals surface area contributed by atoms with Gasteiger partial charge in [-0.1, -0.05) is 97.1 Å². The molecule has 4 unspecified atom stereocenters. The number of carbonyl (C=O) groups is 1. The molecule has 0 aliphatic rings. The van der Waals surface area contributed by atoms with Gasteiger partial charge in [-0.3, -0.25) is 4.79 Å². The second-order valence-electron chi connectivity index (χ2n) is 14.1. The van der Waals surface area contributed by atoms with Crippen LogP contribution in [-0.4, -0.2) is 44.2 Å². The summed E-state index contributed by atoms with van der Waals surface area (Å²) in [6, 6.07) is 47.0. The van der Waals surface area contributed by atoms with Crippen molar-refractivity contribution >= 4 is 39.0 Å². The summed E-state index contributed by atoms with van der Waals surface area (Å²) in [5, 5.41) is 9.58. The van der Waals surface area contributed by atoms with Crippen LogP contribution >= 0.6 is 0 Å². The monoisotopic (exact) mass is 770 g/mol. The number of nitrogens with one attached hydrogen (secondary N) is 4. The molecule has 4 atom stereocenters. The van der Waals surface area contributed by atoms with E-state index in [0.717, 1.165) is 55.4 Å². The van der Waals surface area contributed by atoms with Crippen molar-refractivity contribution in [3.05, 3.63) is 180 Å². The number of hydrogen-bond donors (Lipinski definition) is 4. The Hall–Kier alpha value is -7.13. The molecule has 0 bridgehead atoms. The van der Waals surface area contributed by atoms with Crippen molar-refractivity contribution in [2.24, 2.45) is 0 Å². The highest BCUT2D eigenvalue weighted by atomic mass is 16.5. The third-order valence-corrected chi connectivity index (χ3v) is 10.9. The number of hydrogen-bond acceptors (Lipinski definition) is 7. The molecule has 292 valence electrons. The van der Waals surface area contributed by atoms with Crippen molar-refractivity contribution in [1.29, 1.82) is 0 Å². The summed E-state index contributed by atoms with van der Waals surface area (Å²) in [6.07, 6.45) is 3.98. The Labute approximate surface area is 337 Å². The van der Waals surface area contributed by atoms with Crippen molar-refractivity contribution in [3.8, 4) is 23.0 Å². The van der Waals surface area contributed by atoms with Crippen LogP contribution in [-0.2, 0) is 4.79 Å². The fourth-order valence-electron chi connectivity index (χ4n) is 8.14. The van der Waals surface area contributed by atoms with Crippen molar-refractivity contribution in [3.63, 3.8) is 0 Å². The maximum Gasteiger partial charge on any atom is 0.162 e. The van der Waals surface area contributed by atoms with Crippen LogP contribution in [0.5, 0.6) is 23.0 Å². The molecule has 0 fully saturated rings. The number of aromatic nitrogens is 2. The summed E-state index contributed by atoms with van der Waals surface area (Å²) in [4.78, 5) is 23.6. The van der Waals surface area contributed by atoms with Gasteiger partial charge in [-0.2, -0.15) is 0 Å². The minimum absolute atomic E-state index is 0.0122. The number of para-hydroxylation sites is 2. The van der Waals surface area contributed by atoms with Gasteiger partial charge in [0, 0.05) is 57.7 Å². The molecule has 8 rings (SSSR count). The first-order valence-corrected chi connectivity index (χ1v) is 19.2. The number of ketones is 1. The molecule has 9 nitrogen and oxygen atoms in total. The standard InChI is InChI=1S/C49H46N4O5/c1-55-41-25-23-33(27-43(41)57-3)52-47(31-15-7-5-8-16-31)45(37-29-50-39-21-13-11-19-35(37)39)49(54)46(38-30-51-40-22-14-12-20-36(38)40)48(32-17-9-6-10-18-32)53-34-24-26-42(56-2)44(28-34)58-4/h5-30,45-48,50-53H,1-4H3. The molecule has 2 aromatic heterocycles. The minimum atomic E-state index is -0.719. The van der Waals surface area contributed by atoms with Crippen LogP contribution in [0, 0.1) is 0 Å². The molecule has 2 heterocycles. The van der Waals surface area contributed by atoms with Crippen LogP contribution in [0.4, 0.5) is 11.4 Å². The highest BCUT2D eigenvalue weighted by Crippen LogP contribution is 2.47. The molecule has 58 heavy (non-hydrogen) atoms. The van der Waals surface area contributed by atoms with Gasteiger partial charge < -0.3 is 39.5 Å². The van der Waals surface area contributed by atoms with Gasteiger partial charge in [-0.15, -0.1) is 0 Å². The lowest BCUT2D eigenvalue weighted by molar-refractivity contribution is -0.122. The summed E-state index contributed by atoms with van der Waals surface area (Å²) in [7, 11) is 6.48. The van der Waals surface area contributed by atoms with Crippen molar-refractivity contribution in [2.75, 3.05) is 39.1 Å². The van der Waals surface area contributed by atoms with Crippen molar-refractivity contribution < 1.29 is 23.7 Å². The average molecular weight is 771 g/mol. The molecule has 0 amide bonds. The van der Waals surface area contributed by atoms with E-state index >= 15 is 4.79 Å².